The molecule has 0 fully saturated rings. The summed E-state index contributed by atoms with van der Waals surface area (Å²) in [4.78, 5) is 40.6. The molecule has 7 heteroatoms. The summed E-state index contributed by atoms with van der Waals surface area (Å²) in [7, 11) is 1.29. The van der Waals surface area contributed by atoms with E-state index in [9.17, 15) is 14.4 Å². The van der Waals surface area contributed by atoms with Crippen LogP contribution in [0.1, 0.15) is 27.8 Å². The average molecular weight is 487 g/mol. The van der Waals surface area contributed by atoms with Crippen molar-refractivity contribution in [2.45, 2.75) is 45.0 Å². The Kier molecular flexibility index (Phi) is 8.00. The molecule has 3 aromatic carbocycles. The summed E-state index contributed by atoms with van der Waals surface area (Å²) < 4.78 is 10.5. The first kappa shape index (κ1) is 25.0. The number of ether oxygens (including phenoxy) is 2. The third-order valence-corrected chi connectivity index (χ3v) is 6.32. The number of methoxy groups -OCH3 is 1. The smallest absolute Gasteiger partial charge is 0.411 e. The minimum absolute atomic E-state index is 0.101. The van der Waals surface area contributed by atoms with E-state index in [0.29, 0.717) is 6.42 Å². The van der Waals surface area contributed by atoms with Gasteiger partial charge in [0.15, 0.2) is 0 Å². The third-order valence-electron chi connectivity index (χ3n) is 6.32. The Morgan fingerprint density at radius 1 is 0.944 bits per heavy atom. The first-order valence-corrected chi connectivity index (χ1v) is 11.9. The van der Waals surface area contributed by atoms with Crippen molar-refractivity contribution in [3.05, 3.63) is 107 Å². The van der Waals surface area contributed by atoms with E-state index in [1.807, 2.05) is 85.8 Å². The fourth-order valence-electron chi connectivity index (χ4n) is 4.43. The molecule has 4 rings (SSSR count). The zero-order valence-electron chi connectivity index (χ0n) is 20.5. The summed E-state index contributed by atoms with van der Waals surface area (Å²) in [6.07, 6.45) is 0.0182. The Bertz CT molecular complexity index is 1230. The maximum absolute atomic E-state index is 13.5. The van der Waals surface area contributed by atoms with Gasteiger partial charge >= 0.3 is 12.1 Å². The van der Waals surface area contributed by atoms with E-state index < -0.39 is 30.1 Å². The Hall–Kier alpha value is -4.13. The molecule has 0 bridgehead atoms. The van der Waals surface area contributed by atoms with Gasteiger partial charge < -0.3 is 14.8 Å². The summed E-state index contributed by atoms with van der Waals surface area (Å²) in [5.74, 6) is -0.969. The van der Waals surface area contributed by atoms with Crippen LogP contribution in [0.25, 0.3) is 0 Å². The van der Waals surface area contributed by atoms with Gasteiger partial charge in [-0.25, -0.2) is 9.59 Å². The number of hydrogen-bond donors (Lipinski definition) is 1. The highest BCUT2D eigenvalue weighted by Gasteiger charge is 2.37. The molecule has 0 saturated heterocycles. The molecular weight excluding hydrogens is 456 g/mol. The summed E-state index contributed by atoms with van der Waals surface area (Å²) in [6.45, 7) is 2.31. The fraction of sp³-hybridized carbons (Fsp3) is 0.276. The van der Waals surface area contributed by atoms with Crippen LogP contribution in [0.5, 0.6) is 0 Å². The van der Waals surface area contributed by atoms with Crippen molar-refractivity contribution in [1.82, 2.24) is 10.2 Å². The lowest BCUT2D eigenvalue weighted by atomic mass is 9.93. The van der Waals surface area contributed by atoms with Crippen LogP contribution in [-0.4, -0.2) is 42.1 Å². The first-order chi connectivity index (χ1) is 17.4. The van der Waals surface area contributed by atoms with Crippen LogP contribution in [0.15, 0.2) is 78.9 Å². The van der Waals surface area contributed by atoms with Crippen LogP contribution in [0, 0.1) is 6.92 Å². The van der Waals surface area contributed by atoms with Gasteiger partial charge in [0.2, 0.25) is 5.91 Å². The standard InChI is InChI=1S/C29H30N2O5/c1-20-9-8-12-22(15-20)16-25(28(33)35-2)30-27(32)26-17-23-13-6-7-14-24(23)18-31(26)29(34)36-19-21-10-4-3-5-11-21/h3-15,25-26H,16-19H2,1-2H3,(H,30,32)/t25-,26-/m0/s1. The van der Waals surface area contributed by atoms with Gasteiger partial charge in [-0.3, -0.25) is 9.69 Å². The second-order valence-corrected chi connectivity index (χ2v) is 8.93. The average Bonchev–Trinajstić information content (AvgIpc) is 2.90. The highest BCUT2D eigenvalue weighted by atomic mass is 16.6. The molecule has 1 aliphatic heterocycles. The number of nitrogens with zero attached hydrogens (tertiary/aromatic N) is 1. The Labute approximate surface area is 211 Å². The molecule has 7 nitrogen and oxygen atoms in total. The number of hydrogen-bond acceptors (Lipinski definition) is 5. The van der Waals surface area contributed by atoms with E-state index >= 15 is 0 Å². The molecule has 0 aliphatic carbocycles. The van der Waals surface area contributed by atoms with Crippen molar-refractivity contribution in [1.29, 1.82) is 0 Å². The zero-order valence-corrected chi connectivity index (χ0v) is 20.5. The predicted molar refractivity (Wildman–Crippen MR) is 135 cm³/mol. The summed E-state index contributed by atoms with van der Waals surface area (Å²) in [6, 6.07) is 23.1. The minimum atomic E-state index is -0.886. The van der Waals surface area contributed by atoms with E-state index in [-0.39, 0.29) is 19.6 Å². The van der Waals surface area contributed by atoms with Crippen molar-refractivity contribution in [3.63, 3.8) is 0 Å². The molecule has 0 radical (unpaired) electrons. The van der Waals surface area contributed by atoms with Crippen molar-refractivity contribution in [2.24, 2.45) is 0 Å². The number of fused-ring (bicyclic) bond motifs is 1. The van der Waals surface area contributed by atoms with Crippen molar-refractivity contribution < 1.29 is 23.9 Å². The summed E-state index contributed by atoms with van der Waals surface area (Å²) >= 11 is 0. The van der Waals surface area contributed by atoms with Crippen LogP contribution in [0.4, 0.5) is 4.79 Å². The number of benzene rings is 3. The lowest BCUT2D eigenvalue weighted by Gasteiger charge is -2.35. The second kappa shape index (κ2) is 11.5. The maximum atomic E-state index is 13.5. The number of nitrogens with one attached hydrogen (secondary N) is 1. The number of carbonyl (C=O) groups excluding carboxylic acids is 3. The SMILES string of the molecule is COC(=O)[C@H](Cc1cccc(C)c1)NC(=O)[C@@H]1Cc2ccccc2CN1C(=O)OCc1ccccc1. The molecule has 2 atom stereocenters. The lowest BCUT2D eigenvalue weighted by molar-refractivity contribution is -0.145. The van der Waals surface area contributed by atoms with Gasteiger partial charge in [-0.1, -0.05) is 84.4 Å². The molecule has 3 aromatic rings. The molecule has 0 aromatic heterocycles. The van der Waals surface area contributed by atoms with Crippen molar-refractivity contribution >= 4 is 18.0 Å². The number of esters is 1. The van der Waals surface area contributed by atoms with E-state index in [1.54, 1.807) is 0 Å². The van der Waals surface area contributed by atoms with Gasteiger partial charge in [0.1, 0.15) is 18.7 Å². The van der Waals surface area contributed by atoms with Crippen molar-refractivity contribution in [2.75, 3.05) is 7.11 Å². The molecule has 0 saturated carbocycles. The van der Waals surface area contributed by atoms with Crippen LogP contribution < -0.4 is 5.32 Å². The predicted octanol–water partition coefficient (Wildman–Crippen LogP) is 3.96. The van der Waals surface area contributed by atoms with E-state index in [1.165, 1.54) is 12.0 Å². The van der Waals surface area contributed by atoms with E-state index in [4.69, 9.17) is 9.47 Å². The maximum Gasteiger partial charge on any atom is 0.411 e. The summed E-state index contributed by atoms with van der Waals surface area (Å²) in [5.41, 5.74) is 4.76. The van der Waals surface area contributed by atoms with Crippen LogP contribution in [0.3, 0.4) is 0 Å². The van der Waals surface area contributed by atoms with E-state index in [2.05, 4.69) is 5.32 Å². The fourth-order valence-corrected chi connectivity index (χ4v) is 4.43. The molecule has 36 heavy (non-hydrogen) atoms. The Morgan fingerprint density at radius 2 is 1.64 bits per heavy atom. The number of aryl methyl sites for hydroxylation is 1. The van der Waals surface area contributed by atoms with Crippen LogP contribution in [-0.2, 0) is 45.1 Å². The quantitative estimate of drug-likeness (QED) is 0.511. The van der Waals surface area contributed by atoms with Crippen LogP contribution in [0.2, 0.25) is 0 Å². The lowest BCUT2D eigenvalue weighted by Crippen LogP contribution is -2.56. The van der Waals surface area contributed by atoms with Gasteiger partial charge in [-0.15, -0.1) is 0 Å². The molecular formula is C29H30N2O5. The van der Waals surface area contributed by atoms with Gasteiger partial charge in [-0.2, -0.15) is 0 Å². The van der Waals surface area contributed by atoms with E-state index in [0.717, 1.165) is 27.8 Å². The largest absolute Gasteiger partial charge is 0.467 e. The number of amides is 2. The van der Waals surface area contributed by atoms with Gasteiger partial charge in [0.25, 0.3) is 0 Å². The Balaban J connectivity index is 1.53. The third kappa shape index (κ3) is 6.10. The van der Waals surface area contributed by atoms with Gasteiger partial charge in [0.05, 0.1) is 13.7 Å². The highest BCUT2D eigenvalue weighted by molar-refractivity contribution is 5.90. The molecule has 1 aliphatic rings. The highest BCUT2D eigenvalue weighted by Crippen LogP contribution is 2.25. The first-order valence-electron chi connectivity index (χ1n) is 11.9. The minimum Gasteiger partial charge on any atom is -0.467 e. The van der Waals surface area contributed by atoms with Crippen LogP contribution >= 0.6 is 0 Å². The zero-order chi connectivity index (χ0) is 25.5. The summed E-state index contributed by atoms with van der Waals surface area (Å²) in [5, 5.41) is 2.83. The normalized spacial score (nSPS) is 15.4. The molecule has 2 amide bonds. The molecule has 1 heterocycles. The molecule has 0 unspecified atom stereocenters. The molecule has 186 valence electrons. The Morgan fingerprint density at radius 3 is 2.36 bits per heavy atom. The van der Waals surface area contributed by atoms with Gasteiger partial charge in [0, 0.05) is 12.8 Å². The molecule has 0 spiro atoms. The van der Waals surface area contributed by atoms with Gasteiger partial charge in [-0.05, 0) is 29.2 Å². The van der Waals surface area contributed by atoms with Crippen molar-refractivity contribution in [3.8, 4) is 0 Å². The number of rotatable bonds is 7. The molecule has 1 N–H and O–H groups in total. The number of carbonyl (C=O) groups is 3. The monoisotopic (exact) mass is 486 g/mol. The second-order valence-electron chi connectivity index (χ2n) is 8.93. The topological polar surface area (TPSA) is 84.9 Å².